The highest BCUT2D eigenvalue weighted by atomic mass is 16.5. The molecule has 23 heavy (non-hydrogen) atoms. The number of hydrogen-bond donors (Lipinski definition) is 1. The Labute approximate surface area is 134 Å². The first kappa shape index (κ1) is 15.0. The minimum absolute atomic E-state index is 0.171. The summed E-state index contributed by atoms with van der Waals surface area (Å²) < 4.78 is 4.98. The summed E-state index contributed by atoms with van der Waals surface area (Å²) in [5, 5.41) is 6.78. The average molecular weight is 307 g/mol. The van der Waals surface area contributed by atoms with Gasteiger partial charge in [0, 0.05) is 23.7 Å². The van der Waals surface area contributed by atoms with E-state index in [2.05, 4.69) is 15.5 Å². The minimum atomic E-state index is -0.171. The largest absolute Gasteiger partial charge is 0.339 e. The first-order chi connectivity index (χ1) is 11.0. The van der Waals surface area contributed by atoms with Crippen LogP contribution in [0, 0.1) is 20.8 Å². The summed E-state index contributed by atoms with van der Waals surface area (Å²) in [6.07, 6.45) is 0. The molecule has 1 N–H and O–H groups in total. The molecule has 0 saturated heterocycles. The SMILES string of the molecule is Cc1nc(-c2cccc(C(=O)Nc3ccc(C)c(C)c3)c2)no1. The molecule has 5 heteroatoms. The number of nitrogens with zero attached hydrogens (tertiary/aromatic N) is 2. The fraction of sp³-hybridized carbons (Fsp3) is 0.167. The lowest BCUT2D eigenvalue weighted by Crippen LogP contribution is -2.12. The van der Waals surface area contributed by atoms with Crippen LogP contribution in [0.25, 0.3) is 11.4 Å². The van der Waals surface area contributed by atoms with E-state index in [4.69, 9.17) is 4.52 Å². The van der Waals surface area contributed by atoms with Crippen molar-refractivity contribution in [2.45, 2.75) is 20.8 Å². The third kappa shape index (κ3) is 3.29. The molecule has 0 aliphatic carbocycles. The van der Waals surface area contributed by atoms with Crippen LogP contribution in [0.5, 0.6) is 0 Å². The zero-order valence-corrected chi connectivity index (χ0v) is 13.3. The van der Waals surface area contributed by atoms with Crippen LogP contribution in [0.2, 0.25) is 0 Å². The van der Waals surface area contributed by atoms with Crippen molar-refractivity contribution >= 4 is 11.6 Å². The molecular formula is C18H17N3O2. The molecule has 0 aliphatic heterocycles. The lowest BCUT2D eigenvalue weighted by atomic mass is 10.1. The van der Waals surface area contributed by atoms with E-state index in [0.717, 1.165) is 16.8 Å². The molecule has 0 fully saturated rings. The summed E-state index contributed by atoms with van der Waals surface area (Å²) in [5.74, 6) is 0.795. The molecule has 1 aromatic heterocycles. The van der Waals surface area contributed by atoms with E-state index >= 15 is 0 Å². The number of benzene rings is 2. The zero-order valence-electron chi connectivity index (χ0n) is 13.3. The summed E-state index contributed by atoms with van der Waals surface area (Å²) in [5.41, 5.74) is 4.40. The van der Waals surface area contributed by atoms with Gasteiger partial charge in [0.2, 0.25) is 11.7 Å². The summed E-state index contributed by atoms with van der Waals surface area (Å²) in [6, 6.07) is 13.0. The number of carbonyl (C=O) groups excluding carboxylic acids is 1. The van der Waals surface area contributed by atoms with Gasteiger partial charge in [0.1, 0.15) is 0 Å². The third-order valence-electron chi connectivity index (χ3n) is 3.68. The van der Waals surface area contributed by atoms with Crippen molar-refractivity contribution in [2.75, 3.05) is 5.32 Å². The van der Waals surface area contributed by atoms with Crippen LogP contribution in [-0.2, 0) is 0 Å². The second-order valence-electron chi connectivity index (χ2n) is 5.47. The normalized spacial score (nSPS) is 10.6. The van der Waals surface area contributed by atoms with Crippen molar-refractivity contribution in [3.05, 3.63) is 65.0 Å². The van der Waals surface area contributed by atoms with Gasteiger partial charge in [0.15, 0.2) is 0 Å². The van der Waals surface area contributed by atoms with E-state index in [1.165, 1.54) is 5.56 Å². The molecule has 116 valence electrons. The Hall–Kier alpha value is -2.95. The Morgan fingerprint density at radius 2 is 1.87 bits per heavy atom. The molecule has 0 aliphatic rings. The number of hydrogen-bond acceptors (Lipinski definition) is 4. The van der Waals surface area contributed by atoms with E-state index in [9.17, 15) is 4.79 Å². The Kier molecular flexibility index (Phi) is 3.93. The van der Waals surface area contributed by atoms with Crippen LogP contribution in [0.4, 0.5) is 5.69 Å². The first-order valence-corrected chi connectivity index (χ1v) is 7.32. The van der Waals surface area contributed by atoms with Gasteiger partial charge in [-0.05, 0) is 49.2 Å². The average Bonchev–Trinajstić information content (AvgIpc) is 2.98. The summed E-state index contributed by atoms with van der Waals surface area (Å²) in [6.45, 7) is 5.79. The van der Waals surface area contributed by atoms with Crippen molar-refractivity contribution in [3.63, 3.8) is 0 Å². The standard InChI is InChI=1S/C18H17N3O2/c1-11-7-8-16(9-12(11)2)20-18(22)15-6-4-5-14(10-15)17-19-13(3)23-21-17/h4-10H,1-3H3,(H,20,22). The van der Waals surface area contributed by atoms with Gasteiger partial charge in [-0.15, -0.1) is 0 Å². The lowest BCUT2D eigenvalue weighted by molar-refractivity contribution is 0.102. The van der Waals surface area contributed by atoms with Crippen molar-refractivity contribution in [3.8, 4) is 11.4 Å². The van der Waals surface area contributed by atoms with E-state index in [1.54, 1.807) is 25.1 Å². The predicted molar refractivity (Wildman–Crippen MR) is 88.3 cm³/mol. The molecule has 3 aromatic rings. The second-order valence-corrected chi connectivity index (χ2v) is 5.47. The number of carbonyl (C=O) groups is 1. The maximum absolute atomic E-state index is 12.4. The second kappa shape index (κ2) is 6.04. The van der Waals surface area contributed by atoms with Gasteiger partial charge in [0.05, 0.1) is 0 Å². The highest BCUT2D eigenvalue weighted by molar-refractivity contribution is 6.04. The molecular weight excluding hydrogens is 290 g/mol. The van der Waals surface area contributed by atoms with E-state index in [1.807, 2.05) is 38.1 Å². The smallest absolute Gasteiger partial charge is 0.255 e. The van der Waals surface area contributed by atoms with E-state index < -0.39 is 0 Å². The van der Waals surface area contributed by atoms with Crippen LogP contribution in [0.15, 0.2) is 47.0 Å². The zero-order chi connectivity index (χ0) is 16.4. The highest BCUT2D eigenvalue weighted by Gasteiger charge is 2.11. The lowest BCUT2D eigenvalue weighted by Gasteiger charge is -2.08. The molecule has 0 bridgehead atoms. The number of aromatic nitrogens is 2. The van der Waals surface area contributed by atoms with Gasteiger partial charge in [-0.1, -0.05) is 23.4 Å². The van der Waals surface area contributed by atoms with Crippen LogP contribution < -0.4 is 5.32 Å². The molecule has 1 amide bonds. The maximum atomic E-state index is 12.4. The van der Waals surface area contributed by atoms with Crippen LogP contribution in [-0.4, -0.2) is 16.0 Å². The molecule has 2 aromatic carbocycles. The molecule has 0 unspecified atom stereocenters. The fourth-order valence-corrected chi connectivity index (χ4v) is 2.24. The quantitative estimate of drug-likeness (QED) is 0.796. The van der Waals surface area contributed by atoms with Crippen LogP contribution in [0.3, 0.4) is 0 Å². The molecule has 5 nitrogen and oxygen atoms in total. The van der Waals surface area contributed by atoms with Gasteiger partial charge < -0.3 is 9.84 Å². The maximum Gasteiger partial charge on any atom is 0.255 e. The number of aryl methyl sites for hydroxylation is 3. The third-order valence-corrected chi connectivity index (χ3v) is 3.68. The number of amides is 1. The van der Waals surface area contributed by atoms with Crippen LogP contribution >= 0.6 is 0 Å². The highest BCUT2D eigenvalue weighted by Crippen LogP contribution is 2.19. The monoisotopic (exact) mass is 307 g/mol. The topological polar surface area (TPSA) is 68.0 Å². The Bertz CT molecular complexity index is 868. The first-order valence-electron chi connectivity index (χ1n) is 7.32. The minimum Gasteiger partial charge on any atom is -0.339 e. The van der Waals surface area contributed by atoms with E-state index in [-0.39, 0.29) is 5.91 Å². The molecule has 0 atom stereocenters. The number of nitrogens with one attached hydrogen (secondary N) is 1. The van der Waals surface area contributed by atoms with Gasteiger partial charge in [-0.25, -0.2) is 0 Å². The molecule has 0 saturated carbocycles. The van der Waals surface area contributed by atoms with Crippen molar-refractivity contribution in [2.24, 2.45) is 0 Å². The number of rotatable bonds is 3. The number of anilines is 1. The summed E-state index contributed by atoms with van der Waals surface area (Å²) >= 11 is 0. The van der Waals surface area contributed by atoms with Gasteiger partial charge in [-0.3, -0.25) is 4.79 Å². The van der Waals surface area contributed by atoms with Crippen molar-refractivity contribution in [1.82, 2.24) is 10.1 Å². The fourth-order valence-electron chi connectivity index (χ4n) is 2.24. The van der Waals surface area contributed by atoms with Gasteiger partial charge >= 0.3 is 0 Å². The summed E-state index contributed by atoms with van der Waals surface area (Å²) in [4.78, 5) is 16.6. The van der Waals surface area contributed by atoms with E-state index in [0.29, 0.717) is 17.3 Å². The van der Waals surface area contributed by atoms with Crippen LogP contribution in [0.1, 0.15) is 27.4 Å². The Balaban J connectivity index is 1.83. The molecule has 1 heterocycles. The predicted octanol–water partition coefficient (Wildman–Crippen LogP) is 3.91. The van der Waals surface area contributed by atoms with Crippen molar-refractivity contribution in [1.29, 1.82) is 0 Å². The molecule has 3 rings (SSSR count). The van der Waals surface area contributed by atoms with Gasteiger partial charge in [-0.2, -0.15) is 4.98 Å². The van der Waals surface area contributed by atoms with Gasteiger partial charge in [0.25, 0.3) is 5.91 Å². The molecule has 0 radical (unpaired) electrons. The van der Waals surface area contributed by atoms with Crippen molar-refractivity contribution < 1.29 is 9.32 Å². The Morgan fingerprint density at radius 3 is 2.57 bits per heavy atom. The Morgan fingerprint density at radius 1 is 1.04 bits per heavy atom. The molecule has 0 spiro atoms. The summed E-state index contributed by atoms with van der Waals surface area (Å²) in [7, 11) is 0.